The van der Waals surface area contributed by atoms with Gasteiger partial charge in [0.15, 0.2) is 11.1 Å². The normalized spacial score (nSPS) is 14.1. The molecular weight excluding hydrogens is 442 g/mol. The molecule has 1 atom stereocenters. The van der Waals surface area contributed by atoms with Crippen LogP contribution in [0.4, 0.5) is 29.2 Å². The van der Waals surface area contributed by atoms with Crippen LogP contribution in [0.5, 0.6) is 0 Å². The number of anilines is 2. The summed E-state index contributed by atoms with van der Waals surface area (Å²) in [6.07, 6.45) is -2.41. The van der Waals surface area contributed by atoms with Crippen molar-refractivity contribution in [2.75, 3.05) is 11.9 Å². The minimum Gasteiger partial charge on any atom is -0.404 e. The summed E-state index contributed by atoms with van der Waals surface area (Å²) in [4.78, 5) is 11.0. The van der Waals surface area contributed by atoms with E-state index >= 15 is 0 Å². The predicted octanol–water partition coefficient (Wildman–Crippen LogP) is 3.10. The second kappa shape index (κ2) is 9.49. The van der Waals surface area contributed by atoms with Crippen LogP contribution in [0.1, 0.15) is 25.1 Å². The lowest BCUT2D eigenvalue weighted by atomic mass is 10.1. The summed E-state index contributed by atoms with van der Waals surface area (Å²) in [5, 5.41) is 12.1. The number of allylic oxidation sites excluding steroid dienone is 1. The number of halogens is 4. The molecular formula is C18H19F4N5O3S. The van der Waals surface area contributed by atoms with Crippen LogP contribution in [0.3, 0.4) is 0 Å². The Hall–Kier alpha value is -2.90. The molecule has 0 aliphatic carbocycles. The highest BCUT2D eigenvalue weighted by Crippen LogP contribution is 2.34. The molecule has 0 bridgehead atoms. The van der Waals surface area contributed by atoms with Crippen molar-refractivity contribution in [2.24, 2.45) is 10.7 Å². The summed E-state index contributed by atoms with van der Waals surface area (Å²) in [7, 11) is 0. The predicted molar refractivity (Wildman–Crippen MR) is 108 cm³/mol. The van der Waals surface area contributed by atoms with Gasteiger partial charge in [-0.3, -0.25) is 4.99 Å². The van der Waals surface area contributed by atoms with Crippen molar-refractivity contribution in [3.8, 4) is 0 Å². The molecule has 0 saturated heterocycles. The highest BCUT2D eigenvalue weighted by Gasteiger charge is 2.36. The lowest BCUT2D eigenvalue weighted by Crippen LogP contribution is -2.22. The van der Waals surface area contributed by atoms with Gasteiger partial charge in [0.2, 0.25) is 5.95 Å². The number of aromatic nitrogens is 2. The Bertz CT molecular complexity index is 1040. The highest BCUT2D eigenvalue weighted by atomic mass is 32.2. The maximum absolute atomic E-state index is 14.1. The van der Waals surface area contributed by atoms with E-state index in [4.69, 9.17) is 10.3 Å². The minimum atomic E-state index is -4.82. The molecule has 1 heterocycles. The van der Waals surface area contributed by atoms with Gasteiger partial charge in [0.1, 0.15) is 11.4 Å². The molecule has 0 radical (unpaired) electrons. The van der Waals surface area contributed by atoms with Gasteiger partial charge in [-0.2, -0.15) is 13.2 Å². The molecule has 0 spiro atoms. The van der Waals surface area contributed by atoms with Gasteiger partial charge in [0, 0.05) is 24.2 Å². The molecule has 0 amide bonds. The number of benzene rings is 1. The fourth-order valence-electron chi connectivity index (χ4n) is 2.25. The fourth-order valence-corrected chi connectivity index (χ4v) is 2.64. The van der Waals surface area contributed by atoms with Crippen LogP contribution < -0.4 is 11.1 Å². The van der Waals surface area contributed by atoms with E-state index in [2.05, 4.69) is 20.3 Å². The van der Waals surface area contributed by atoms with Gasteiger partial charge in [-0.25, -0.2) is 18.6 Å². The molecule has 1 unspecified atom stereocenters. The average Bonchev–Trinajstić information content (AvgIpc) is 2.65. The standard InChI is InChI=1S/C18H19F4N5O3S/c1-17(2,28)9-24-7-10(6-23)15-12(18(20,21)22)8-25-16(27-15)26-14-4-3-11(31(29)30)5-13(14)19/h3-8,28H,9,23H2,1-2H3,(H,29,30)(H,25,26,27)/b10-6+,24-7?. The number of hydrogen-bond acceptors (Lipinski definition) is 7. The van der Waals surface area contributed by atoms with Crippen LogP contribution in [0.25, 0.3) is 5.57 Å². The Kier molecular flexibility index (Phi) is 7.46. The molecule has 13 heteroatoms. The van der Waals surface area contributed by atoms with Gasteiger partial charge in [-0.05, 0) is 32.0 Å². The summed E-state index contributed by atoms with van der Waals surface area (Å²) >= 11 is -2.41. The van der Waals surface area contributed by atoms with Crippen molar-refractivity contribution in [3.05, 3.63) is 47.7 Å². The first-order valence-electron chi connectivity index (χ1n) is 8.58. The number of alkyl halides is 3. The average molecular weight is 461 g/mol. The monoisotopic (exact) mass is 461 g/mol. The summed E-state index contributed by atoms with van der Waals surface area (Å²) in [5.41, 5.74) is 2.03. The van der Waals surface area contributed by atoms with E-state index in [1.165, 1.54) is 13.8 Å². The number of nitrogens with two attached hydrogens (primary N) is 1. The molecule has 168 valence electrons. The number of nitrogens with one attached hydrogen (secondary N) is 1. The molecule has 2 aromatic rings. The Morgan fingerprint density at radius 3 is 2.55 bits per heavy atom. The Morgan fingerprint density at radius 1 is 1.35 bits per heavy atom. The van der Waals surface area contributed by atoms with Crippen molar-refractivity contribution in [1.29, 1.82) is 0 Å². The van der Waals surface area contributed by atoms with E-state index in [9.17, 15) is 26.9 Å². The molecule has 0 fully saturated rings. The zero-order valence-electron chi connectivity index (χ0n) is 16.3. The second-order valence-corrected chi connectivity index (χ2v) is 7.84. The van der Waals surface area contributed by atoms with Crippen LogP contribution in [-0.2, 0) is 17.3 Å². The van der Waals surface area contributed by atoms with E-state index < -0.39 is 39.9 Å². The maximum atomic E-state index is 14.1. The Balaban J connectivity index is 2.45. The van der Waals surface area contributed by atoms with Crippen LogP contribution in [0, 0.1) is 5.82 Å². The number of aliphatic hydroxyl groups is 1. The smallest absolute Gasteiger partial charge is 0.404 e. The van der Waals surface area contributed by atoms with Gasteiger partial charge in [0.05, 0.1) is 28.4 Å². The van der Waals surface area contributed by atoms with Crippen molar-refractivity contribution in [1.82, 2.24) is 9.97 Å². The van der Waals surface area contributed by atoms with E-state index in [1.807, 2.05) is 0 Å². The quantitative estimate of drug-likeness (QED) is 0.283. The van der Waals surface area contributed by atoms with Crippen LogP contribution in [-0.4, -0.2) is 42.2 Å². The molecule has 5 N–H and O–H groups in total. The molecule has 31 heavy (non-hydrogen) atoms. The number of rotatable bonds is 7. The van der Waals surface area contributed by atoms with Crippen LogP contribution in [0.2, 0.25) is 0 Å². The van der Waals surface area contributed by atoms with Gasteiger partial charge >= 0.3 is 6.18 Å². The number of aliphatic imine (C=N–C) groups is 1. The van der Waals surface area contributed by atoms with Gasteiger partial charge in [-0.15, -0.1) is 0 Å². The van der Waals surface area contributed by atoms with E-state index in [-0.39, 0.29) is 28.6 Å². The summed E-state index contributed by atoms with van der Waals surface area (Å²) in [6.45, 7) is 2.83. The lowest BCUT2D eigenvalue weighted by Gasteiger charge is -2.15. The molecule has 0 aliphatic rings. The first-order chi connectivity index (χ1) is 14.3. The Labute approximate surface area is 177 Å². The third kappa shape index (κ3) is 6.80. The molecule has 2 rings (SSSR count). The van der Waals surface area contributed by atoms with Crippen LogP contribution in [0.15, 0.2) is 40.5 Å². The van der Waals surface area contributed by atoms with Crippen molar-refractivity contribution in [3.63, 3.8) is 0 Å². The highest BCUT2D eigenvalue weighted by molar-refractivity contribution is 7.79. The van der Waals surface area contributed by atoms with Gasteiger partial charge in [-0.1, -0.05) is 0 Å². The van der Waals surface area contributed by atoms with Crippen molar-refractivity contribution >= 4 is 34.5 Å². The summed E-state index contributed by atoms with van der Waals surface area (Å²) in [5.74, 6) is -1.32. The fraction of sp³-hybridized carbons (Fsp3) is 0.278. The molecule has 0 aliphatic heterocycles. The Morgan fingerprint density at radius 2 is 2.03 bits per heavy atom. The van der Waals surface area contributed by atoms with Crippen molar-refractivity contribution in [2.45, 2.75) is 30.5 Å². The molecule has 1 aromatic carbocycles. The topological polar surface area (TPSA) is 134 Å². The zero-order valence-corrected chi connectivity index (χ0v) is 17.1. The largest absolute Gasteiger partial charge is 0.419 e. The first kappa shape index (κ1) is 24.4. The molecule has 1 aromatic heterocycles. The van der Waals surface area contributed by atoms with Gasteiger partial charge < -0.3 is 20.7 Å². The van der Waals surface area contributed by atoms with E-state index in [0.717, 1.165) is 30.6 Å². The minimum absolute atomic E-state index is 0.105. The molecule has 8 nitrogen and oxygen atoms in total. The third-order valence-corrected chi connectivity index (χ3v) is 4.30. The van der Waals surface area contributed by atoms with Crippen LogP contribution >= 0.6 is 0 Å². The van der Waals surface area contributed by atoms with Gasteiger partial charge in [0.25, 0.3) is 0 Å². The maximum Gasteiger partial charge on any atom is 0.419 e. The lowest BCUT2D eigenvalue weighted by molar-refractivity contribution is -0.138. The third-order valence-electron chi connectivity index (χ3n) is 3.64. The van der Waals surface area contributed by atoms with E-state index in [1.54, 1.807) is 0 Å². The summed E-state index contributed by atoms with van der Waals surface area (Å²) < 4.78 is 74.4. The van der Waals surface area contributed by atoms with Crippen molar-refractivity contribution < 1.29 is 31.4 Å². The van der Waals surface area contributed by atoms with E-state index in [0.29, 0.717) is 6.20 Å². The second-order valence-electron chi connectivity index (χ2n) is 6.87. The SMILES string of the molecule is CC(C)(O)CN=C/C(=C\N)c1nc(Nc2ccc(S(=O)O)cc2F)ncc1C(F)(F)F. The number of nitrogens with zero attached hydrogens (tertiary/aromatic N) is 3. The first-order valence-corrected chi connectivity index (χ1v) is 9.68. The summed E-state index contributed by atoms with van der Waals surface area (Å²) in [6, 6.07) is 3.06. The zero-order chi connectivity index (χ0) is 23.4. The number of hydrogen-bond donors (Lipinski definition) is 4. The molecule has 0 saturated carbocycles.